The highest BCUT2D eigenvalue weighted by atomic mass is 32.1. The molecule has 0 N–H and O–H groups in total. The van der Waals surface area contributed by atoms with E-state index < -0.39 is 5.91 Å². The number of ether oxygens (including phenoxy) is 1. The summed E-state index contributed by atoms with van der Waals surface area (Å²) in [6.07, 6.45) is 7.18. The number of aromatic nitrogens is 3. The average molecular weight is 340 g/mol. The Balaban J connectivity index is 2.11. The molecule has 0 saturated carbocycles. The minimum absolute atomic E-state index is 0.303. The molecular formula is C17H16N4O2S. The second-order valence-electron chi connectivity index (χ2n) is 5.03. The summed E-state index contributed by atoms with van der Waals surface area (Å²) in [5, 5.41) is 4.08. The smallest absolute Gasteiger partial charge is 0.300 e. The lowest BCUT2D eigenvalue weighted by Gasteiger charge is -2.03. The van der Waals surface area contributed by atoms with Gasteiger partial charge in [-0.25, -0.2) is 0 Å². The van der Waals surface area contributed by atoms with Gasteiger partial charge in [-0.1, -0.05) is 17.3 Å². The number of fused-ring (bicyclic) bond motifs is 1. The molecule has 1 amide bonds. The van der Waals surface area contributed by atoms with Crippen LogP contribution < -0.4 is 9.54 Å². The Morgan fingerprint density at radius 1 is 1.46 bits per heavy atom. The Morgan fingerprint density at radius 2 is 2.29 bits per heavy atom. The first-order chi connectivity index (χ1) is 11.6. The molecule has 0 aliphatic rings. The van der Waals surface area contributed by atoms with Gasteiger partial charge in [0, 0.05) is 13.2 Å². The fraction of sp³-hybridized carbons (Fsp3) is 0.235. The monoisotopic (exact) mass is 340 g/mol. The molecule has 2 aromatic heterocycles. The van der Waals surface area contributed by atoms with Gasteiger partial charge < -0.3 is 9.30 Å². The Morgan fingerprint density at radius 3 is 2.96 bits per heavy atom. The summed E-state index contributed by atoms with van der Waals surface area (Å²) < 4.78 is 9.90. The number of rotatable bonds is 4. The third-order valence-electron chi connectivity index (χ3n) is 3.34. The summed E-state index contributed by atoms with van der Waals surface area (Å²) in [6, 6.07) is 7.38. The van der Waals surface area contributed by atoms with Gasteiger partial charge in [-0.3, -0.25) is 9.48 Å². The Bertz CT molecular complexity index is 1000. The second kappa shape index (κ2) is 6.72. The van der Waals surface area contributed by atoms with Crippen LogP contribution >= 0.6 is 11.3 Å². The Kier molecular flexibility index (Phi) is 4.49. The predicted octanol–water partition coefficient (Wildman–Crippen LogP) is 2.21. The molecule has 0 saturated heterocycles. The van der Waals surface area contributed by atoms with Crippen molar-refractivity contribution in [3.8, 4) is 18.1 Å². The highest BCUT2D eigenvalue weighted by Crippen LogP contribution is 2.23. The first kappa shape index (κ1) is 16.0. The lowest BCUT2D eigenvalue weighted by atomic mass is 10.3. The molecule has 24 heavy (non-hydrogen) atoms. The van der Waals surface area contributed by atoms with Gasteiger partial charge in [-0.15, -0.1) is 6.42 Å². The molecule has 0 unspecified atom stereocenters. The van der Waals surface area contributed by atoms with E-state index in [1.54, 1.807) is 24.0 Å². The number of nitrogens with zero attached hydrogens (tertiary/aromatic N) is 4. The number of hydrogen-bond acceptors (Lipinski definition) is 4. The normalized spacial score (nSPS) is 11.6. The van der Waals surface area contributed by atoms with E-state index in [9.17, 15) is 4.79 Å². The van der Waals surface area contributed by atoms with E-state index in [1.807, 2.05) is 29.7 Å². The number of aryl methyl sites for hydroxylation is 1. The predicted molar refractivity (Wildman–Crippen MR) is 92.9 cm³/mol. The Labute approximate surface area is 143 Å². The summed E-state index contributed by atoms with van der Waals surface area (Å²) in [7, 11) is 1.75. The van der Waals surface area contributed by atoms with Crippen LogP contribution in [0.4, 0.5) is 0 Å². The number of terminal acetylenes is 1. The van der Waals surface area contributed by atoms with Crippen LogP contribution in [0.1, 0.15) is 17.4 Å². The van der Waals surface area contributed by atoms with Crippen LogP contribution in [0.5, 0.6) is 5.75 Å². The SMILES string of the molecule is C#CCn1c(=NC(=O)c2ccn(C)n2)sc2cc(OCC)ccc21. The van der Waals surface area contributed by atoms with E-state index in [0.717, 1.165) is 16.0 Å². The molecule has 0 spiro atoms. The number of thiazole rings is 1. The van der Waals surface area contributed by atoms with E-state index in [1.165, 1.54) is 11.3 Å². The molecule has 0 aliphatic carbocycles. The molecule has 0 radical (unpaired) electrons. The molecule has 7 heteroatoms. The average Bonchev–Trinajstić information content (AvgIpc) is 3.12. The third kappa shape index (κ3) is 3.09. The van der Waals surface area contributed by atoms with Crippen molar-refractivity contribution in [1.29, 1.82) is 0 Å². The zero-order chi connectivity index (χ0) is 17.1. The molecule has 1 aromatic carbocycles. The van der Waals surface area contributed by atoms with Gasteiger partial charge in [0.05, 0.1) is 23.4 Å². The van der Waals surface area contributed by atoms with Crippen molar-refractivity contribution in [2.75, 3.05) is 6.61 Å². The zero-order valence-electron chi connectivity index (χ0n) is 13.4. The zero-order valence-corrected chi connectivity index (χ0v) is 14.2. The summed E-state index contributed by atoms with van der Waals surface area (Å²) in [5.74, 6) is 3.00. The lowest BCUT2D eigenvalue weighted by molar-refractivity contribution is 0.0992. The quantitative estimate of drug-likeness (QED) is 0.684. The molecule has 6 nitrogen and oxygen atoms in total. The first-order valence-electron chi connectivity index (χ1n) is 7.40. The lowest BCUT2D eigenvalue weighted by Crippen LogP contribution is -2.16. The van der Waals surface area contributed by atoms with Gasteiger partial charge in [-0.2, -0.15) is 10.1 Å². The molecule has 2 heterocycles. The number of amides is 1. The van der Waals surface area contributed by atoms with Crippen LogP contribution in [0.25, 0.3) is 10.2 Å². The van der Waals surface area contributed by atoms with Crippen molar-refractivity contribution in [3.63, 3.8) is 0 Å². The molecule has 3 aromatic rings. The largest absolute Gasteiger partial charge is 0.494 e. The van der Waals surface area contributed by atoms with E-state index in [4.69, 9.17) is 11.2 Å². The third-order valence-corrected chi connectivity index (χ3v) is 4.39. The van der Waals surface area contributed by atoms with Gasteiger partial charge in [0.15, 0.2) is 10.5 Å². The summed E-state index contributed by atoms with van der Waals surface area (Å²) in [5.41, 5.74) is 1.23. The van der Waals surface area contributed by atoms with E-state index >= 15 is 0 Å². The molecule has 3 rings (SSSR count). The maximum Gasteiger partial charge on any atom is 0.300 e. The van der Waals surface area contributed by atoms with Crippen molar-refractivity contribution in [2.24, 2.45) is 12.0 Å². The highest BCUT2D eigenvalue weighted by molar-refractivity contribution is 7.16. The minimum Gasteiger partial charge on any atom is -0.494 e. The van der Waals surface area contributed by atoms with E-state index in [2.05, 4.69) is 16.0 Å². The fourth-order valence-corrected chi connectivity index (χ4v) is 3.37. The van der Waals surface area contributed by atoms with Crippen molar-refractivity contribution >= 4 is 27.5 Å². The van der Waals surface area contributed by atoms with Gasteiger partial charge in [0.2, 0.25) is 0 Å². The van der Waals surface area contributed by atoms with Gasteiger partial charge >= 0.3 is 0 Å². The van der Waals surface area contributed by atoms with Crippen LogP contribution in [-0.4, -0.2) is 26.9 Å². The molecular weight excluding hydrogens is 324 g/mol. The van der Waals surface area contributed by atoms with Gasteiger partial charge in [0.25, 0.3) is 5.91 Å². The summed E-state index contributed by atoms with van der Waals surface area (Å²) in [6.45, 7) is 2.86. The van der Waals surface area contributed by atoms with Crippen molar-refractivity contribution in [1.82, 2.24) is 14.3 Å². The van der Waals surface area contributed by atoms with Crippen LogP contribution in [0.3, 0.4) is 0 Å². The van der Waals surface area contributed by atoms with Crippen molar-refractivity contribution in [3.05, 3.63) is 41.0 Å². The fourth-order valence-electron chi connectivity index (χ4n) is 2.31. The molecule has 122 valence electrons. The van der Waals surface area contributed by atoms with Crippen LogP contribution in [0, 0.1) is 12.3 Å². The molecule has 0 aliphatic heterocycles. The standard InChI is InChI=1S/C17H16N4O2S/c1-4-9-21-14-7-6-12(23-5-2)11-15(14)24-17(21)18-16(22)13-8-10-20(3)19-13/h1,6-8,10-11H,5,9H2,2-3H3. The molecule has 0 bridgehead atoms. The van der Waals surface area contributed by atoms with Crippen LogP contribution in [0.2, 0.25) is 0 Å². The summed E-state index contributed by atoms with van der Waals surface area (Å²) in [4.78, 5) is 17.1. The maximum atomic E-state index is 12.3. The van der Waals surface area contributed by atoms with Gasteiger partial charge in [0.1, 0.15) is 5.75 Å². The summed E-state index contributed by atoms with van der Waals surface area (Å²) >= 11 is 1.40. The number of hydrogen-bond donors (Lipinski definition) is 0. The van der Waals surface area contributed by atoms with Crippen LogP contribution in [-0.2, 0) is 13.6 Å². The van der Waals surface area contributed by atoms with E-state index in [-0.39, 0.29) is 0 Å². The van der Waals surface area contributed by atoms with E-state index in [0.29, 0.717) is 23.6 Å². The number of carbonyl (C=O) groups excluding carboxylic acids is 1. The van der Waals surface area contributed by atoms with Crippen molar-refractivity contribution < 1.29 is 9.53 Å². The van der Waals surface area contributed by atoms with Gasteiger partial charge in [-0.05, 0) is 31.2 Å². The van der Waals surface area contributed by atoms with Crippen LogP contribution in [0.15, 0.2) is 35.5 Å². The number of benzene rings is 1. The molecule has 0 atom stereocenters. The van der Waals surface area contributed by atoms with Crippen molar-refractivity contribution in [2.45, 2.75) is 13.5 Å². The second-order valence-corrected chi connectivity index (χ2v) is 6.04. The molecule has 0 fully saturated rings. The minimum atomic E-state index is -0.391. The maximum absolute atomic E-state index is 12.3. The Hall–Kier alpha value is -2.85. The topological polar surface area (TPSA) is 61.4 Å². The highest BCUT2D eigenvalue weighted by Gasteiger charge is 2.11. The first-order valence-corrected chi connectivity index (χ1v) is 8.22. The number of carbonyl (C=O) groups is 1.